The summed E-state index contributed by atoms with van der Waals surface area (Å²) >= 11 is 0. The first-order valence-electron chi connectivity index (χ1n) is 8.02. The number of hydrogen-bond acceptors (Lipinski definition) is 4. The monoisotopic (exact) mass is 342 g/mol. The lowest BCUT2D eigenvalue weighted by Crippen LogP contribution is -2.49. The maximum atomic E-state index is 9.60. The summed E-state index contributed by atoms with van der Waals surface area (Å²) in [5.74, 6) is -1.87. The Bertz CT molecular complexity index is 410. The zero-order valence-electron chi connectivity index (χ0n) is 14.7. The smallest absolute Gasteiger partial charge is 0.330 e. The number of aliphatic hydroxyl groups is 2. The van der Waals surface area contributed by atoms with Crippen LogP contribution < -0.4 is 0 Å². The van der Waals surface area contributed by atoms with Crippen LogP contribution >= 0.6 is 0 Å². The molecule has 2 aliphatic carbocycles. The molecule has 0 atom stereocenters. The van der Waals surface area contributed by atoms with E-state index in [0.717, 1.165) is 12.8 Å². The second-order valence-corrected chi connectivity index (χ2v) is 7.05. The second kappa shape index (κ2) is 9.59. The third kappa shape index (κ3) is 6.84. The van der Waals surface area contributed by atoms with Crippen molar-refractivity contribution >= 4 is 11.9 Å². The Morgan fingerprint density at radius 1 is 0.875 bits per heavy atom. The van der Waals surface area contributed by atoms with Gasteiger partial charge in [0, 0.05) is 16.6 Å². The van der Waals surface area contributed by atoms with Gasteiger partial charge in [-0.1, -0.05) is 26.0 Å². The van der Waals surface area contributed by atoms with E-state index in [9.17, 15) is 9.59 Å². The first-order valence-corrected chi connectivity index (χ1v) is 8.02. The summed E-state index contributed by atoms with van der Waals surface area (Å²) in [6.45, 7) is 9.55. The highest BCUT2D eigenvalue weighted by Crippen LogP contribution is 2.61. The van der Waals surface area contributed by atoms with Gasteiger partial charge in [0.05, 0.1) is 13.2 Å². The first kappa shape index (κ1) is 22.3. The Morgan fingerprint density at radius 2 is 1.17 bits per heavy atom. The number of aliphatic carboxylic acids is 2. The first-order chi connectivity index (χ1) is 11.0. The topological polar surface area (TPSA) is 115 Å². The van der Waals surface area contributed by atoms with Gasteiger partial charge >= 0.3 is 11.9 Å². The highest BCUT2D eigenvalue weighted by atomic mass is 16.4. The molecule has 0 saturated heterocycles. The fourth-order valence-corrected chi connectivity index (χ4v) is 3.29. The van der Waals surface area contributed by atoms with Crippen LogP contribution in [-0.2, 0) is 9.59 Å². The Hall–Kier alpha value is -1.66. The van der Waals surface area contributed by atoms with E-state index in [1.54, 1.807) is 0 Å². The van der Waals surface area contributed by atoms with Crippen molar-refractivity contribution in [3.05, 3.63) is 24.3 Å². The van der Waals surface area contributed by atoms with Gasteiger partial charge in [-0.25, -0.2) is 9.59 Å². The van der Waals surface area contributed by atoms with Crippen LogP contribution in [0.1, 0.15) is 52.4 Å². The molecule has 138 valence electrons. The summed E-state index contributed by atoms with van der Waals surface area (Å²) < 4.78 is 0. The minimum atomic E-state index is -0.935. The van der Waals surface area contributed by atoms with Gasteiger partial charge < -0.3 is 20.4 Å². The number of carboxylic acids is 2. The van der Waals surface area contributed by atoms with Crippen LogP contribution in [0.4, 0.5) is 0 Å². The van der Waals surface area contributed by atoms with Crippen molar-refractivity contribution in [1.29, 1.82) is 0 Å². The normalized spacial score (nSPS) is 19.0. The quantitative estimate of drug-likeness (QED) is 0.584. The zero-order valence-corrected chi connectivity index (χ0v) is 14.7. The molecule has 2 aliphatic rings. The SMILES string of the molecule is C=C(C)C(=O)O.C=C(C)C(=O)O.OCC1(CO)CC2(CCCC2)C1. The largest absolute Gasteiger partial charge is 0.478 e. The molecular weight excluding hydrogens is 312 g/mol. The Morgan fingerprint density at radius 3 is 1.38 bits per heavy atom. The lowest BCUT2D eigenvalue weighted by atomic mass is 9.52. The highest BCUT2D eigenvalue weighted by Gasteiger charge is 2.54. The summed E-state index contributed by atoms with van der Waals surface area (Å²) in [5.41, 5.74) is 0.778. The van der Waals surface area contributed by atoms with Crippen LogP contribution in [0, 0.1) is 10.8 Å². The maximum absolute atomic E-state index is 9.60. The number of aliphatic hydroxyl groups excluding tert-OH is 2. The second-order valence-electron chi connectivity index (χ2n) is 7.05. The molecule has 2 saturated carbocycles. The van der Waals surface area contributed by atoms with Crippen molar-refractivity contribution in [3.63, 3.8) is 0 Å². The average Bonchev–Trinajstić information content (AvgIpc) is 2.95. The van der Waals surface area contributed by atoms with E-state index in [2.05, 4.69) is 13.2 Å². The molecule has 0 bridgehead atoms. The van der Waals surface area contributed by atoms with Crippen molar-refractivity contribution in [1.82, 2.24) is 0 Å². The van der Waals surface area contributed by atoms with Gasteiger partial charge in [-0.2, -0.15) is 0 Å². The molecule has 0 heterocycles. The molecule has 1 spiro atoms. The van der Waals surface area contributed by atoms with Crippen molar-refractivity contribution in [2.45, 2.75) is 52.4 Å². The van der Waals surface area contributed by atoms with E-state index in [-0.39, 0.29) is 29.8 Å². The van der Waals surface area contributed by atoms with Crippen LogP contribution in [0.5, 0.6) is 0 Å². The summed E-state index contributed by atoms with van der Waals surface area (Å²) in [6, 6.07) is 0. The Kier molecular flexibility index (Phi) is 8.93. The predicted octanol–water partition coefficient (Wildman–Crippen LogP) is 2.61. The van der Waals surface area contributed by atoms with Gasteiger partial charge in [-0.05, 0) is 44.9 Å². The van der Waals surface area contributed by atoms with Crippen LogP contribution in [0.3, 0.4) is 0 Å². The van der Waals surface area contributed by atoms with E-state index < -0.39 is 11.9 Å². The van der Waals surface area contributed by atoms with Gasteiger partial charge in [0.15, 0.2) is 0 Å². The molecule has 0 amide bonds. The van der Waals surface area contributed by atoms with Crippen LogP contribution in [0.25, 0.3) is 0 Å². The molecule has 2 rings (SSSR count). The lowest BCUT2D eigenvalue weighted by molar-refractivity contribution is -0.133. The molecular formula is C18H30O6. The van der Waals surface area contributed by atoms with E-state index >= 15 is 0 Å². The van der Waals surface area contributed by atoms with E-state index in [0.29, 0.717) is 5.41 Å². The number of hydrogen-bond donors (Lipinski definition) is 4. The van der Waals surface area contributed by atoms with Gasteiger partial charge in [0.1, 0.15) is 0 Å². The molecule has 0 aliphatic heterocycles. The zero-order chi connectivity index (χ0) is 19.0. The van der Waals surface area contributed by atoms with Crippen LogP contribution in [0.15, 0.2) is 24.3 Å². The molecule has 6 nitrogen and oxygen atoms in total. The molecule has 0 aromatic carbocycles. The third-order valence-corrected chi connectivity index (χ3v) is 4.57. The van der Waals surface area contributed by atoms with Crippen LogP contribution in [0.2, 0.25) is 0 Å². The summed E-state index contributed by atoms with van der Waals surface area (Å²) in [7, 11) is 0. The van der Waals surface area contributed by atoms with E-state index in [1.165, 1.54) is 39.5 Å². The molecule has 4 N–H and O–H groups in total. The standard InChI is InChI=1S/C10H18O2.2C4H6O2/c11-7-10(8-12)5-9(6-10)3-1-2-4-9;2*1-3(2)4(5)6/h11-12H,1-8H2;2*1H2,2H3,(H,5,6). The summed E-state index contributed by atoms with van der Waals surface area (Å²) in [4.78, 5) is 19.2. The third-order valence-electron chi connectivity index (χ3n) is 4.57. The maximum Gasteiger partial charge on any atom is 0.330 e. The van der Waals surface area contributed by atoms with Crippen molar-refractivity contribution in [2.75, 3.05) is 13.2 Å². The highest BCUT2D eigenvalue weighted by molar-refractivity contribution is 5.85. The van der Waals surface area contributed by atoms with Gasteiger partial charge in [-0.3, -0.25) is 0 Å². The minimum Gasteiger partial charge on any atom is -0.478 e. The van der Waals surface area contributed by atoms with Gasteiger partial charge in [0.2, 0.25) is 0 Å². The van der Waals surface area contributed by atoms with Crippen molar-refractivity contribution in [3.8, 4) is 0 Å². The molecule has 0 radical (unpaired) electrons. The summed E-state index contributed by atoms with van der Waals surface area (Å²) in [5, 5.41) is 34.0. The number of carboxylic acid groups (broad SMARTS) is 2. The lowest BCUT2D eigenvalue weighted by Gasteiger charge is -2.53. The Balaban J connectivity index is 0.000000377. The van der Waals surface area contributed by atoms with Gasteiger partial charge in [0.25, 0.3) is 0 Å². The van der Waals surface area contributed by atoms with Crippen molar-refractivity contribution in [2.24, 2.45) is 10.8 Å². The average molecular weight is 342 g/mol. The molecule has 24 heavy (non-hydrogen) atoms. The fraction of sp³-hybridized carbons (Fsp3) is 0.667. The predicted molar refractivity (Wildman–Crippen MR) is 91.6 cm³/mol. The molecule has 6 heteroatoms. The molecule has 2 fully saturated rings. The fourth-order valence-electron chi connectivity index (χ4n) is 3.29. The summed E-state index contributed by atoms with van der Waals surface area (Å²) in [6.07, 6.45) is 7.49. The van der Waals surface area contributed by atoms with E-state index in [1.807, 2.05) is 0 Å². The molecule has 0 aromatic rings. The van der Waals surface area contributed by atoms with Gasteiger partial charge in [-0.15, -0.1) is 0 Å². The molecule has 0 unspecified atom stereocenters. The van der Waals surface area contributed by atoms with Crippen LogP contribution in [-0.4, -0.2) is 45.6 Å². The minimum absolute atomic E-state index is 0.107. The number of carbonyl (C=O) groups is 2. The molecule has 0 aromatic heterocycles. The number of rotatable bonds is 4. The van der Waals surface area contributed by atoms with E-state index in [4.69, 9.17) is 20.4 Å². The Labute approximate surface area is 143 Å². The van der Waals surface area contributed by atoms with Crippen molar-refractivity contribution < 1.29 is 30.0 Å².